The van der Waals surface area contributed by atoms with Crippen molar-refractivity contribution < 1.29 is 4.74 Å². The van der Waals surface area contributed by atoms with E-state index in [2.05, 4.69) is 35.2 Å². The van der Waals surface area contributed by atoms with Gasteiger partial charge >= 0.3 is 0 Å². The van der Waals surface area contributed by atoms with Gasteiger partial charge in [0.15, 0.2) is 0 Å². The lowest BCUT2D eigenvalue weighted by Gasteiger charge is -2.28. The van der Waals surface area contributed by atoms with Gasteiger partial charge in [0.05, 0.1) is 18.9 Å². The summed E-state index contributed by atoms with van der Waals surface area (Å²) < 4.78 is 5.37. The van der Waals surface area contributed by atoms with Gasteiger partial charge in [0.2, 0.25) is 0 Å². The first-order valence-corrected chi connectivity index (χ1v) is 6.29. The normalized spacial score (nSPS) is 15.7. The lowest BCUT2D eigenvalue weighted by molar-refractivity contribution is 0.122. The van der Waals surface area contributed by atoms with Gasteiger partial charge in [-0.15, -0.1) is 0 Å². The third kappa shape index (κ3) is 2.36. The predicted molar refractivity (Wildman–Crippen MR) is 72.7 cm³/mol. The van der Waals surface area contributed by atoms with Crippen molar-refractivity contribution >= 4 is 5.82 Å². The van der Waals surface area contributed by atoms with Crippen molar-refractivity contribution in [3.63, 3.8) is 0 Å². The fourth-order valence-electron chi connectivity index (χ4n) is 2.16. The fraction of sp³-hybridized carbons (Fsp3) is 0.267. The van der Waals surface area contributed by atoms with Crippen molar-refractivity contribution in [2.24, 2.45) is 0 Å². The number of hydrogen-bond donors (Lipinski definition) is 0. The summed E-state index contributed by atoms with van der Waals surface area (Å²) in [4.78, 5) is 7.01. The zero-order chi connectivity index (χ0) is 12.2. The first-order valence-electron chi connectivity index (χ1n) is 6.29. The predicted octanol–water partition coefficient (Wildman–Crippen LogP) is 2.59. The van der Waals surface area contributed by atoms with E-state index in [1.54, 1.807) is 0 Å². The Morgan fingerprint density at radius 2 is 1.67 bits per heavy atom. The third-order valence-electron chi connectivity index (χ3n) is 3.14. The van der Waals surface area contributed by atoms with Gasteiger partial charge in [-0.1, -0.05) is 36.4 Å². The highest BCUT2D eigenvalue weighted by Gasteiger charge is 2.12. The van der Waals surface area contributed by atoms with Crippen LogP contribution in [-0.2, 0) is 4.74 Å². The molecule has 0 N–H and O–H groups in total. The number of benzene rings is 1. The Bertz CT molecular complexity index is 507. The smallest absolute Gasteiger partial charge is 0.129 e. The Labute approximate surface area is 107 Å². The van der Waals surface area contributed by atoms with Gasteiger partial charge in [0.1, 0.15) is 5.82 Å². The highest BCUT2D eigenvalue weighted by Crippen LogP contribution is 2.20. The Balaban J connectivity index is 1.89. The minimum atomic E-state index is 0.789. The number of nitrogens with zero attached hydrogens (tertiary/aromatic N) is 2. The first kappa shape index (κ1) is 11.2. The average molecular weight is 240 g/mol. The van der Waals surface area contributed by atoms with Crippen LogP contribution in [0.25, 0.3) is 11.3 Å². The highest BCUT2D eigenvalue weighted by atomic mass is 16.5. The highest BCUT2D eigenvalue weighted by molar-refractivity contribution is 5.61. The molecule has 0 spiro atoms. The van der Waals surface area contributed by atoms with Crippen LogP contribution in [0, 0.1) is 0 Å². The van der Waals surface area contributed by atoms with Crippen LogP contribution in [0.4, 0.5) is 5.82 Å². The molecule has 1 aliphatic rings. The second-order valence-corrected chi connectivity index (χ2v) is 4.35. The molecular weight excluding hydrogens is 224 g/mol. The van der Waals surface area contributed by atoms with Crippen LogP contribution in [0.15, 0.2) is 48.5 Å². The monoisotopic (exact) mass is 240 g/mol. The molecule has 0 amide bonds. The summed E-state index contributed by atoms with van der Waals surface area (Å²) in [6.45, 7) is 3.42. The largest absolute Gasteiger partial charge is 0.378 e. The second-order valence-electron chi connectivity index (χ2n) is 4.35. The molecule has 0 saturated carbocycles. The molecule has 0 bridgehead atoms. The lowest BCUT2D eigenvalue weighted by Crippen LogP contribution is -2.36. The molecule has 92 valence electrons. The van der Waals surface area contributed by atoms with E-state index in [1.807, 2.05) is 18.2 Å². The molecule has 0 atom stereocenters. The minimum absolute atomic E-state index is 0.789. The van der Waals surface area contributed by atoms with Crippen molar-refractivity contribution in [2.75, 3.05) is 31.2 Å². The number of morpholine rings is 1. The van der Waals surface area contributed by atoms with Gasteiger partial charge in [-0.2, -0.15) is 0 Å². The van der Waals surface area contributed by atoms with Crippen LogP contribution in [0.3, 0.4) is 0 Å². The van der Waals surface area contributed by atoms with Gasteiger partial charge in [-0.25, -0.2) is 4.98 Å². The van der Waals surface area contributed by atoms with Gasteiger partial charge in [0, 0.05) is 18.7 Å². The molecular formula is C15H16N2O. The number of ether oxygens (including phenoxy) is 1. The SMILES string of the molecule is c1ccc(-c2cccc(N3CCOCC3)n2)cc1. The van der Waals surface area contributed by atoms with E-state index in [4.69, 9.17) is 9.72 Å². The molecule has 0 unspecified atom stereocenters. The van der Waals surface area contributed by atoms with Crippen molar-refractivity contribution in [3.05, 3.63) is 48.5 Å². The molecule has 0 radical (unpaired) electrons. The number of pyridine rings is 1. The Hall–Kier alpha value is -1.87. The molecule has 0 aliphatic carbocycles. The quantitative estimate of drug-likeness (QED) is 0.806. The maximum Gasteiger partial charge on any atom is 0.129 e. The zero-order valence-corrected chi connectivity index (χ0v) is 10.2. The van der Waals surface area contributed by atoms with Gasteiger partial charge < -0.3 is 9.64 Å². The number of anilines is 1. The molecule has 1 aromatic carbocycles. The summed E-state index contributed by atoms with van der Waals surface area (Å²) in [6, 6.07) is 16.5. The Morgan fingerprint density at radius 3 is 2.44 bits per heavy atom. The molecule has 3 heteroatoms. The Morgan fingerprint density at radius 1 is 0.889 bits per heavy atom. The molecule has 18 heavy (non-hydrogen) atoms. The molecule has 1 fully saturated rings. The summed E-state index contributed by atoms with van der Waals surface area (Å²) >= 11 is 0. The zero-order valence-electron chi connectivity index (χ0n) is 10.2. The molecule has 1 aliphatic heterocycles. The van der Waals surface area contributed by atoms with E-state index in [0.717, 1.165) is 43.4 Å². The van der Waals surface area contributed by atoms with Crippen molar-refractivity contribution in [1.82, 2.24) is 4.98 Å². The van der Waals surface area contributed by atoms with Crippen LogP contribution in [-0.4, -0.2) is 31.3 Å². The molecule has 2 heterocycles. The molecule has 3 nitrogen and oxygen atoms in total. The van der Waals surface area contributed by atoms with Gasteiger partial charge in [-0.3, -0.25) is 0 Å². The van der Waals surface area contributed by atoms with E-state index < -0.39 is 0 Å². The second kappa shape index (κ2) is 5.19. The van der Waals surface area contributed by atoms with Crippen LogP contribution in [0.1, 0.15) is 0 Å². The lowest BCUT2D eigenvalue weighted by atomic mass is 10.1. The van der Waals surface area contributed by atoms with E-state index in [9.17, 15) is 0 Å². The topological polar surface area (TPSA) is 25.4 Å². The van der Waals surface area contributed by atoms with Crippen LogP contribution < -0.4 is 4.90 Å². The molecule has 1 aromatic heterocycles. The van der Waals surface area contributed by atoms with Crippen molar-refractivity contribution in [1.29, 1.82) is 0 Å². The standard InChI is InChI=1S/C15H16N2O/c1-2-5-13(6-3-1)14-7-4-8-15(16-14)17-9-11-18-12-10-17/h1-8H,9-12H2. The summed E-state index contributed by atoms with van der Waals surface area (Å²) in [5.41, 5.74) is 2.19. The van der Waals surface area contributed by atoms with E-state index >= 15 is 0 Å². The van der Waals surface area contributed by atoms with Gasteiger partial charge in [-0.05, 0) is 12.1 Å². The van der Waals surface area contributed by atoms with E-state index in [-0.39, 0.29) is 0 Å². The summed E-state index contributed by atoms with van der Waals surface area (Å²) in [5.74, 6) is 1.04. The van der Waals surface area contributed by atoms with Crippen molar-refractivity contribution in [3.8, 4) is 11.3 Å². The van der Waals surface area contributed by atoms with Crippen LogP contribution >= 0.6 is 0 Å². The summed E-state index contributed by atoms with van der Waals surface area (Å²) in [5, 5.41) is 0. The maximum absolute atomic E-state index is 5.37. The van der Waals surface area contributed by atoms with Crippen LogP contribution in [0.5, 0.6) is 0 Å². The average Bonchev–Trinajstić information content (AvgIpc) is 2.49. The fourth-order valence-corrected chi connectivity index (χ4v) is 2.16. The minimum Gasteiger partial charge on any atom is -0.378 e. The van der Waals surface area contributed by atoms with Crippen LogP contribution in [0.2, 0.25) is 0 Å². The number of hydrogen-bond acceptors (Lipinski definition) is 3. The summed E-state index contributed by atoms with van der Waals surface area (Å²) in [7, 11) is 0. The Kier molecular flexibility index (Phi) is 3.24. The van der Waals surface area contributed by atoms with E-state index in [0.29, 0.717) is 0 Å². The van der Waals surface area contributed by atoms with Gasteiger partial charge in [0.25, 0.3) is 0 Å². The molecule has 1 saturated heterocycles. The molecule has 3 rings (SSSR count). The molecule has 2 aromatic rings. The van der Waals surface area contributed by atoms with Crippen molar-refractivity contribution in [2.45, 2.75) is 0 Å². The maximum atomic E-state index is 5.37. The third-order valence-corrected chi connectivity index (χ3v) is 3.14. The number of rotatable bonds is 2. The van der Waals surface area contributed by atoms with E-state index in [1.165, 1.54) is 0 Å². The first-order chi connectivity index (χ1) is 8.93. The summed E-state index contributed by atoms with van der Waals surface area (Å²) in [6.07, 6.45) is 0. The number of aromatic nitrogens is 1.